The number of methoxy groups -OCH3 is 4. The van der Waals surface area contributed by atoms with Crippen LogP contribution in [0, 0.1) is 5.82 Å². The van der Waals surface area contributed by atoms with E-state index < -0.39 is 5.82 Å². The fourth-order valence-corrected chi connectivity index (χ4v) is 2.70. The molecular weight excluding hydrogens is 341 g/mol. The van der Waals surface area contributed by atoms with E-state index in [9.17, 15) is 4.39 Å². The van der Waals surface area contributed by atoms with E-state index >= 15 is 0 Å². The smallest absolute Gasteiger partial charge is 0.203 e. The number of hydrogen-bond donors (Lipinski definition) is 0. The quantitative estimate of drug-likeness (QED) is 0.658. The maximum Gasteiger partial charge on any atom is 0.203 e. The molecule has 3 rings (SSSR count). The lowest BCUT2D eigenvalue weighted by Crippen LogP contribution is -1.96. The minimum atomic E-state index is -0.470. The van der Waals surface area contributed by atoms with Crippen molar-refractivity contribution in [3.05, 3.63) is 42.4 Å². The van der Waals surface area contributed by atoms with E-state index in [1.54, 1.807) is 24.3 Å². The lowest BCUT2D eigenvalue weighted by molar-refractivity contribution is 0.324. The van der Waals surface area contributed by atoms with E-state index in [1.165, 1.54) is 40.8 Å². The molecule has 6 nitrogen and oxygen atoms in total. The van der Waals surface area contributed by atoms with Crippen LogP contribution in [-0.4, -0.2) is 33.6 Å². The summed E-state index contributed by atoms with van der Waals surface area (Å²) in [6, 6.07) is 8.16. The van der Waals surface area contributed by atoms with Crippen molar-refractivity contribution in [3.8, 4) is 45.4 Å². The Morgan fingerprint density at radius 2 is 1.46 bits per heavy atom. The SMILES string of the molecule is COc1ccc(-c2conc2-c2cc(OC)c(OC)c(OC)c2)cc1F. The van der Waals surface area contributed by atoms with E-state index in [-0.39, 0.29) is 5.75 Å². The zero-order chi connectivity index (χ0) is 18.7. The van der Waals surface area contributed by atoms with Crippen molar-refractivity contribution in [2.75, 3.05) is 28.4 Å². The van der Waals surface area contributed by atoms with E-state index in [0.717, 1.165) is 0 Å². The maximum atomic E-state index is 14.1. The van der Waals surface area contributed by atoms with Gasteiger partial charge in [0.15, 0.2) is 23.1 Å². The molecule has 0 aliphatic rings. The lowest BCUT2D eigenvalue weighted by atomic mass is 10.0. The molecule has 26 heavy (non-hydrogen) atoms. The lowest BCUT2D eigenvalue weighted by Gasteiger charge is -2.13. The second-order valence-electron chi connectivity index (χ2n) is 5.34. The van der Waals surface area contributed by atoms with Gasteiger partial charge in [-0.05, 0) is 29.8 Å². The summed E-state index contributed by atoms with van der Waals surface area (Å²) in [5, 5.41) is 4.06. The van der Waals surface area contributed by atoms with Gasteiger partial charge in [0.25, 0.3) is 0 Å². The van der Waals surface area contributed by atoms with Gasteiger partial charge in [-0.3, -0.25) is 0 Å². The average molecular weight is 359 g/mol. The molecule has 136 valence electrons. The third-order valence-electron chi connectivity index (χ3n) is 3.97. The summed E-state index contributed by atoms with van der Waals surface area (Å²) >= 11 is 0. The van der Waals surface area contributed by atoms with E-state index in [4.69, 9.17) is 23.5 Å². The van der Waals surface area contributed by atoms with Gasteiger partial charge in [0.2, 0.25) is 5.75 Å². The Hall–Kier alpha value is -3.22. The maximum absolute atomic E-state index is 14.1. The highest BCUT2D eigenvalue weighted by Crippen LogP contribution is 2.43. The number of aromatic nitrogens is 1. The van der Waals surface area contributed by atoms with E-state index in [0.29, 0.717) is 39.6 Å². The molecule has 0 N–H and O–H groups in total. The van der Waals surface area contributed by atoms with Gasteiger partial charge >= 0.3 is 0 Å². The molecule has 0 atom stereocenters. The molecule has 0 aliphatic carbocycles. The molecule has 3 aromatic rings. The predicted octanol–water partition coefficient (Wildman–Crippen LogP) is 4.18. The summed E-state index contributed by atoms with van der Waals surface area (Å²) in [6.07, 6.45) is 1.46. The summed E-state index contributed by atoms with van der Waals surface area (Å²) in [7, 11) is 6.01. The van der Waals surface area contributed by atoms with Crippen LogP contribution < -0.4 is 18.9 Å². The highest BCUT2D eigenvalue weighted by molar-refractivity contribution is 5.82. The Kier molecular flexibility index (Phi) is 4.97. The Labute approximate surface area is 150 Å². The third-order valence-corrected chi connectivity index (χ3v) is 3.97. The van der Waals surface area contributed by atoms with Crippen LogP contribution in [0.4, 0.5) is 4.39 Å². The van der Waals surface area contributed by atoms with Gasteiger partial charge in [0.1, 0.15) is 12.0 Å². The first kappa shape index (κ1) is 17.6. The van der Waals surface area contributed by atoms with Crippen molar-refractivity contribution in [1.29, 1.82) is 0 Å². The minimum Gasteiger partial charge on any atom is -0.494 e. The molecule has 2 aromatic carbocycles. The molecule has 0 aliphatic heterocycles. The van der Waals surface area contributed by atoms with Crippen molar-refractivity contribution in [1.82, 2.24) is 5.16 Å². The topological polar surface area (TPSA) is 63.0 Å². The molecule has 0 fully saturated rings. The van der Waals surface area contributed by atoms with Crippen LogP contribution in [0.1, 0.15) is 0 Å². The summed E-state index contributed by atoms with van der Waals surface area (Å²) in [5.74, 6) is 1.13. The van der Waals surface area contributed by atoms with Crippen molar-refractivity contribution >= 4 is 0 Å². The van der Waals surface area contributed by atoms with E-state index in [2.05, 4.69) is 5.16 Å². The first-order chi connectivity index (χ1) is 12.6. The van der Waals surface area contributed by atoms with Gasteiger partial charge in [-0.1, -0.05) is 11.2 Å². The fourth-order valence-electron chi connectivity index (χ4n) is 2.70. The molecule has 1 aromatic heterocycles. The van der Waals surface area contributed by atoms with Crippen LogP contribution in [0.25, 0.3) is 22.4 Å². The second kappa shape index (κ2) is 7.35. The zero-order valence-corrected chi connectivity index (χ0v) is 14.8. The average Bonchev–Trinajstić information content (AvgIpc) is 3.16. The van der Waals surface area contributed by atoms with Crippen LogP contribution in [0.3, 0.4) is 0 Å². The van der Waals surface area contributed by atoms with Crippen LogP contribution in [0.2, 0.25) is 0 Å². The van der Waals surface area contributed by atoms with Crippen LogP contribution in [0.15, 0.2) is 41.1 Å². The molecule has 0 amide bonds. The molecule has 0 spiro atoms. The third kappa shape index (κ3) is 3.03. The Bertz CT molecular complexity index is 897. The highest BCUT2D eigenvalue weighted by atomic mass is 19.1. The van der Waals surface area contributed by atoms with Crippen molar-refractivity contribution in [3.63, 3.8) is 0 Å². The summed E-state index contributed by atoms with van der Waals surface area (Å²) < 4.78 is 40.2. The predicted molar refractivity (Wildman–Crippen MR) is 93.5 cm³/mol. The van der Waals surface area contributed by atoms with Crippen LogP contribution in [-0.2, 0) is 0 Å². The first-order valence-corrected chi connectivity index (χ1v) is 7.71. The normalized spacial score (nSPS) is 10.5. The van der Waals surface area contributed by atoms with Gasteiger partial charge in [-0.2, -0.15) is 0 Å². The second-order valence-corrected chi connectivity index (χ2v) is 5.34. The summed E-state index contributed by atoms with van der Waals surface area (Å²) in [4.78, 5) is 0. The Morgan fingerprint density at radius 3 is 2.00 bits per heavy atom. The molecular formula is C19H18FNO5. The molecule has 7 heteroatoms. The monoisotopic (exact) mass is 359 g/mol. The van der Waals surface area contributed by atoms with Gasteiger partial charge in [0, 0.05) is 11.1 Å². The number of hydrogen-bond acceptors (Lipinski definition) is 6. The Balaban J connectivity index is 2.13. The van der Waals surface area contributed by atoms with Crippen molar-refractivity contribution in [2.24, 2.45) is 0 Å². The number of nitrogens with zero attached hydrogens (tertiary/aromatic N) is 1. The number of ether oxygens (including phenoxy) is 4. The van der Waals surface area contributed by atoms with Gasteiger partial charge in [0.05, 0.1) is 28.4 Å². The Morgan fingerprint density at radius 1 is 0.808 bits per heavy atom. The number of benzene rings is 2. The molecule has 0 bridgehead atoms. The van der Waals surface area contributed by atoms with Crippen LogP contribution in [0.5, 0.6) is 23.0 Å². The fraction of sp³-hybridized carbons (Fsp3) is 0.211. The molecule has 0 radical (unpaired) electrons. The first-order valence-electron chi connectivity index (χ1n) is 7.71. The highest BCUT2D eigenvalue weighted by Gasteiger charge is 2.19. The molecule has 0 unspecified atom stereocenters. The molecule has 0 saturated carbocycles. The van der Waals surface area contributed by atoms with Gasteiger partial charge < -0.3 is 23.5 Å². The minimum absolute atomic E-state index is 0.166. The zero-order valence-electron chi connectivity index (χ0n) is 14.8. The number of halogens is 1. The standard InChI is InChI=1S/C19H18FNO5/c1-22-15-6-5-11(7-14(15)20)13-10-26-21-18(13)12-8-16(23-2)19(25-4)17(9-12)24-3/h5-10H,1-4H3. The molecule has 1 heterocycles. The van der Waals surface area contributed by atoms with Crippen LogP contribution >= 0.6 is 0 Å². The van der Waals surface area contributed by atoms with Gasteiger partial charge in [-0.25, -0.2) is 4.39 Å². The summed E-state index contributed by atoms with van der Waals surface area (Å²) in [6.45, 7) is 0. The number of rotatable bonds is 6. The molecule has 0 saturated heterocycles. The van der Waals surface area contributed by atoms with E-state index in [1.807, 2.05) is 0 Å². The van der Waals surface area contributed by atoms with Crippen molar-refractivity contribution < 1.29 is 27.9 Å². The van der Waals surface area contributed by atoms with Gasteiger partial charge in [-0.15, -0.1) is 0 Å². The largest absolute Gasteiger partial charge is 0.494 e. The summed E-state index contributed by atoms with van der Waals surface area (Å²) in [5.41, 5.74) is 2.43. The van der Waals surface area contributed by atoms with Crippen molar-refractivity contribution in [2.45, 2.75) is 0 Å².